The molecule has 6 aromatic rings. The first-order valence-corrected chi connectivity index (χ1v) is 11.8. The Morgan fingerprint density at radius 3 is 2.21 bits per heavy atom. The molecule has 0 saturated carbocycles. The van der Waals surface area contributed by atoms with E-state index in [1.54, 1.807) is 0 Å². The Kier molecular flexibility index (Phi) is 3.97. The van der Waals surface area contributed by atoms with Crippen LogP contribution in [0.4, 0.5) is 0 Å². The molecule has 0 aliphatic carbocycles. The van der Waals surface area contributed by atoms with Gasteiger partial charge >= 0.3 is 0 Å². The summed E-state index contributed by atoms with van der Waals surface area (Å²) >= 11 is 3.81. The number of thiophene rings is 2. The largest absolute Gasteiger partial charge is 0.143 e. The fourth-order valence-corrected chi connectivity index (χ4v) is 6.51. The van der Waals surface area contributed by atoms with E-state index in [1.165, 1.54) is 57.7 Å². The zero-order valence-corrected chi connectivity index (χ0v) is 17.9. The van der Waals surface area contributed by atoms with Gasteiger partial charge in [-0.05, 0) is 82.1 Å². The Morgan fingerprint density at radius 2 is 1.38 bits per heavy atom. The maximum absolute atomic E-state index is 2.40. The zero-order chi connectivity index (χ0) is 19.4. The molecule has 0 bridgehead atoms. The van der Waals surface area contributed by atoms with E-state index >= 15 is 0 Å². The van der Waals surface area contributed by atoms with Crippen LogP contribution in [0.2, 0.25) is 0 Å². The SMILES string of the molecule is Cc1ccccc1CCc1cc2ccc3cc4c(ccc5ccsc54)cc3c2s1. The molecule has 0 N–H and O–H groups in total. The normalized spacial score (nSPS) is 11.9. The molecule has 0 amide bonds. The first kappa shape index (κ1) is 17.2. The summed E-state index contributed by atoms with van der Waals surface area (Å²) < 4.78 is 2.82. The fourth-order valence-electron chi connectivity index (χ4n) is 4.40. The quantitative estimate of drug-likeness (QED) is 0.257. The smallest absolute Gasteiger partial charge is 0.0424 e. The minimum Gasteiger partial charge on any atom is -0.143 e. The van der Waals surface area contributed by atoms with Crippen LogP contribution in [0, 0.1) is 6.92 Å². The van der Waals surface area contributed by atoms with Gasteiger partial charge in [0.05, 0.1) is 0 Å². The van der Waals surface area contributed by atoms with Crippen LogP contribution < -0.4 is 0 Å². The molecule has 2 heteroatoms. The lowest BCUT2D eigenvalue weighted by Crippen LogP contribution is -1.91. The van der Waals surface area contributed by atoms with Crippen molar-refractivity contribution in [1.82, 2.24) is 0 Å². The zero-order valence-electron chi connectivity index (χ0n) is 16.2. The summed E-state index contributed by atoms with van der Waals surface area (Å²) in [6.07, 6.45) is 2.21. The van der Waals surface area contributed by atoms with Crippen LogP contribution in [-0.2, 0) is 12.8 Å². The summed E-state index contributed by atoms with van der Waals surface area (Å²) in [6, 6.07) is 27.2. The van der Waals surface area contributed by atoms with Gasteiger partial charge in [-0.3, -0.25) is 0 Å². The summed E-state index contributed by atoms with van der Waals surface area (Å²) in [5.41, 5.74) is 2.85. The topological polar surface area (TPSA) is 0 Å². The maximum Gasteiger partial charge on any atom is 0.0424 e. The molecular weight excluding hydrogens is 388 g/mol. The summed E-state index contributed by atoms with van der Waals surface area (Å²) in [5, 5.41) is 10.4. The third-order valence-electron chi connectivity index (χ3n) is 6.01. The van der Waals surface area contributed by atoms with Gasteiger partial charge in [-0.15, -0.1) is 22.7 Å². The molecule has 2 heterocycles. The third-order valence-corrected chi connectivity index (χ3v) is 8.21. The van der Waals surface area contributed by atoms with Crippen molar-refractivity contribution in [2.75, 3.05) is 0 Å². The van der Waals surface area contributed by atoms with E-state index in [0.717, 1.165) is 12.8 Å². The molecule has 0 radical (unpaired) electrons. The van der Waals surface area contributed by atoms with Crippen molar-refractivity contribution >= 4 is 64.4 Å². The number of aryl methyl sites for hydroxylation is 3. The number of benzene rings is 4. The first-order valence-electron chi connectivity index (χ1n) is 10.1. The molecule has 0 aliphatic rings. The van der Waals surface area contributed by atoms with Crippen LogP contribution in [0.3, 0.4) is 0 Å². The Labute approximate surface area is 178 Å². The van der Waals surface area contributed by atoms with Crippen molar-refractivity contribution in [2.24, 2.45) is 0 Å². The lowest BCUT2D eigenvalue weighted by Gasteiger charge is -2.05. The van der Waals surface area contributed by atoms with Crippen molar-refractivity contribution in [3.63, 3.8) is 0 Å². The average molecular weight is 409 g/mol. The highest BCUT2D eigenvalue weighted by Gasteiger charge is 2.10. The fraction of sp³-hybridized carbons (Fsp3) is 0.111. The maximum atomic E-state index is 2.40. The van der Waals surface area contributed by atoms with Gasteiger partial charge in [-0.2, -0.15) is 0 Å². The van der Waals surface area contributed by atoms with Gasteiger partial charge in [0.15, 0.2) is 0 Å². The molecule has 0 atom stereocenters. The molecule has 0 aliphatic heterocycles. The summed E-state index contributed by atoms with van der Waals surface area (Å²) in [4.78, 5) is 1.48. The summed E-state index contributed by atoms with van der Waals surface area (Å²) in [5.74, 6) is 0. The lowest BCUT2D eigenvalue weighted by atomic mass is 10.0. The third kappa shape index (κ3) is 2.87. The highest BCUT2D eigenvalue weighted by Crippen LogP contribution is 2.38. The van der Waals surface area contributed by atoms with Crippen LogP contribution in [0.15, 0.2) is 78.2 Å². The minimum absolute atomic E-state index is 1.11. The molecule has 0 saturated heterocycles. The average Bonchev–Trinajstić information content (AvgIpc) is 3.38. The van der Waals surface area contributed by atoms with E-state index in [4.69, 9.17) is 0 Å². The second-order valence-electron chi connectivity index (χ2n) is 7.82. The highest BCUT2D eigenvalue weighted by atomic mass is 32.1. The van der Waals surface area contributed by atoms with Crippen LogP contribution in [0.25, 0.3) is 41.7 Å². The molecular formula is C27H20S2. The monoisotopic (exact) mass is 408 g/mol. The Morgan fingerprint density at radius 1 is 0.655 bits per heavy atom. The van der Waals surface area contributed by atoms with Crippen molar-refractivity contribution in [1.29, 1.82) is 0 Å². The number of hydrogen-bond donors (Lipinski definition) is 0. The van der Waals surface area contributed by atoms with E-state index in [9.17, 15) is 0 Å². The van der Waals surface area contributed by atoms with Crippen LogP contribution in [-0.4, -0.2) is 0 Å². The molecule has 0 spiro atoms. The standard InChI is InChI=1S/C27H20S2/c1-17-4-2-3-5-18(17)10-11-23-14-22-9-8-21-15-24-20(16-25(21)27(22)29-23)7-6-19-12-13-28-26(19)24/h2-9,12-16H,10-11H2,1H3. The molecule has 0 unspecified atom stereocenters. The van der Waals surface area contributed by atoms with Crippen molar-refractivity contribution in [3.8, 4) is 0 Å². The van der Waals surface area contributed by atoms with Crippen LogP contribution >= 0.6 is 22.7 Å². The highest BCUT2D eigenvalue weighted by molar-refractivity contribution is 7.20. The molecule has 29 heavy (non-hydrogen) atoms. The second-order valence-corrected chi connectivity index (χ2v) is 9.87. The minimum atomic E-state index is 1.11. The van der Waals surface area contributed by atoms with E-state index in [0.29, 0.717) is 0 Å². The first-order chi connectivity index (χ1) is 14.3. The van der Waals surface area contributed by atoms with Gasteiger partial charge in [0.2, 0.25) is 0 Å². The van der Waals surface area contributed by atoms with E-state index in [2.05, 4.69) is 85.1 Å². The van der Waals surface area contributed by atoms with Gasteiger partial charge in [0.1, 0.15) is 0 Å². The van der Waals surface area contributed by atoms with E-state index in [-0.39, 0.29) is 0 Å². The summed E-state index contributed by atoms with van der Waals surface area (Å²) in [6.45, 7) is 2.21. The number of fused-ring (bicyclic) bond motifs is 6. The van der Waals surface area contributed by atoms with Gasteiger partial charge in [-0.25, -0.2) is 0 Å². The van der Waals surface area contributed by atoms with E-state index < -0.39 is 0 Å². The second kappa shape index (κ2) is 6.69. The molecule has 140 valence electrons. The van der Waals surface area contributed by atoms with Gasteiger partial charge in [0.25, 0.3) is 0 Å². The van der Waals surface area contributed by atoms with E-state index in [1.807, 2.05) is 22.7 Å². The molecule has 6 rings (SSSR count). The summed E-state index contributed by atoms with van der Waals surface area (Å²) in [7, 11) is 0. The Hall–Kier alpha value is -2.68. The molecule has 0 fully saturated rings. The molecule has 2 aromatic heterocycles. The van der Waals surface area contributed by atoms with Gasteiger partial charge < -0.3 is 0 Å². The Balaban J connectivity index is 1.46. The van der Waals surface area contributed by atoms with Gasteiger partial charge in [0, 0.05) is 25.0 Å². The predicted octanol–water partition coefficient (Wildman–Crippen LogP) is 8.52. The molecule has 4 aromatic carbocycles. The van der Waals surface area contributed by atoms with Crippen LogP contribution in [0.1, 0.15) is 16.0 Å². The number of rotatable bonds is 3. The predicted molar refractivity (Wildman–Crippen MR) is 131 cm³/mol. The molecule has 0 nitrogen and oxygen atoms in total. The van der Waals surface area contributed by atoms with Crippen molar-refractivity contribution < 1.29 is 0 Å². The van der Waals surface area contributed by atoms with Crippen molar-refractivity contribution in [3.05, 3.63) is 94.2 Å². The van der Waals surface area contributed by atoms with Gasteiger partial charge in [-0.1, -0.05) is 48.5 Å². The lowest BCUT2D eigenvalue weighted by molar-refractivity contribution is 0.969. The number of hydrogen-bond acceptors (Lipinski definition) is 2. The van der Waals surface area contributed by atoms with Crippen molar-refractivity contribution in [2.45, 2.75) is 19.8 Å². The van der Waals surface area contributed by atoms with Crippen LogP contribution in [0.5, 0.6) is 0 Å². The Bertz CT molecular complexity index is 1510.